The second-order valence-electron chi connectivity index (χ2n) is 7.43. The summed E-state index contributed by atoms with van der Waals surface area (Å²) in [7, 11) is 3.98. The first-order valence-corrected chi connectivity index (χ1v) is 10.6. The molecule has 0 aliphatic heterocycles. The maximum atomic E-state index is 11.8. The number of esters is 1. The summed E-state index contributed by atoms with van der Waals surface area (Å²) in [6, 6.07) is 0. The van der Waals surface area contributed by atoms with Crippen LogP contribution in [0.25, 0.3) is 0 Å². The highest BCUT2D eigenvalue weighted by Crippen LogP contribution is 2.13. The summed E-state index contributed by atoms with van der Waals surface area (Å²) in [5, 5.41) is 3.11. The number of rotatable bonds is 18. The van der Waals surface area contributed by atoms with Crippen molar-refractivity contribution in [3.8, 4) is 0 Å². The van der Waals surface area contributed by atoms with E-state index in [-0.39, 0.29) is 12.1 Å². The normalized spacial score (nSPS) is 12.5. The van der Waals surface area contributed by atoms with Crippen LogP contribution >= 0.6 is 0 Å². The van der Waals surface area contributed by atoms with Crippen molar-refractivity contribution in [2.75, 3.05) is 33.7 Å². The molecule has 4 heteroatoms. The molecule has 25 heavy (non-hydrogen) atoms. The van der Waals surface area contributed by atoms with E-state index in [9.17, 15) is 4.79 Å². The Labute approximate surface area is 157 Å². The number of ether oxygens (including phenoxy) is 1. The average molecular weight is 357 g/mol. The topological polar surface area (TPSA) is 41.6 Å². The van der Waals surface area contributed by atoms with Crippen molar-refractivity contribution >= 4 is 5.97 Å². The third kappa shape index (κ3) is 18.0. The smallest absolute Gasteiger partial charge is 0.307 e. The molecule has 0 spiro atoms. The van der Waals surface area contributed by atoms with Gasteiger partial charge in [0.15, 0.2) is 0 Å². The van der Waals surface area contributed by atoms with Gasteiger partial charge in [-0.15, -0.1) is 0 Å². The minimum atomic E-state index is -0.0594. The van der Waals surface area contributed by atoms with Crippen molar-refractivity contribution in [3.63, 3.8) is 0 Å². The van der Waals surface area contributed by atoms with Crippen LogP contribution in [0, 0.1) is 0 Å². The minimum absolute atomic E-state index is 0.0594. The molecule has 0 fully saturated rings. The maximum absolute atomic E-state index is 11.8. The standard InChI is InChI=1S/C21H44N2O2/c1-5-6-7-8-9-10-11-12-13-14-15-20(2)25-21(24)16-18-23(4)19-17-22-3/h20,22H,5-19H2,1-4H3. The summed E-state index contributed by atoms with van der Waals surface area (Å²) in [5.74, 6) is -0.0594. The molecule has 0 aliphatic carbocycles. The zero-order chi connectivity index (χ0) is 18.8. The minimum Gasteiger partial charge on any atom is -0.463 e. The van der Waals surface area contributed by atoms with E-state index in [1.54, 1.807) is 0 Å². The number of nitrogens with zero attached hydrogens (tertiary/aromatic N) is 1. The zero-order valence-corrected chi connectivity index (χ0v) is 17.4. The fourth-order valence-corrected chi connectivity index (χ4v) is 2.96. The lowest BCUT2D eigenvalue weighted by atomic mass is 10.0. The zero-order valence-electron chi connectivity index (χ0n) is 17.4. The Kier molecular flexibility index (Phi) is 17.7. The lowest BCUT2D eigenvalue weighted by Crippen LogP contribution is -2.30. The summed E-state index contributed by atoms with van der Waals surface area (Å²) in [4.78, 5) is 14.0. The lowest BCUT2D eigenvalue weighted by Gasteiger charge is -2.17. The highest BCUT2D eigenvalue weighted by atomic mass is 16.5. The number of carbonyl (C=O) groups is 1. The van der Waals surface area contributed by atoms with Crippen LogP contribution < -0.4 is 5.32 Å². The molecule has 0 aromatic heterocycles. The van der Waals surface area contributed by atoms with Gasteiger partial charge in [-0.2, -0.15) is 0 Å². The first-order valence-electron chi connectivity index (χ1n) is 10.6. The van der Waals surface area contributed by atoms with Crippen molar-refractivity contribution in [1.29, 1.82) is 0 Å². The van der Waals surface area contributed by atoms with Crippen molar-refractivity contribution in [2.45, 2.75) is 97.0 Å². The molecule has 0 heterocycles. The molecule has 0 radical (unpaired) electrons. The van der Waals surface area contributed by atoms with Gasteiger partial charge >= 0.3 is 5.97 Å². The highest BCUT2D eigenvalue weighted by molar-refractivity contribution is 5.69. The molecule has 0 saturated heterocycles. The van der Waals surface area contributed by atoms with Gasteiger partial charge in [0, 0.05) is 19.6 Å². The van der Waals surface area contributed by atoms with Crippen LogP contribution in [-0.4, -0.2) is 50.7 Å². The van der Waals surface area contributed by atoms with Crippen LogP contribution in [0.2, 0.25) is 0 Å². The number of likely N-dealkylation sites (N-methyl/N-ethyl adjacent to an activating group) is 2. The van der Waals surface area contributed by atoms with E-state index < -0.39 is 0 Å². The third-order valence-electron chi connectivity index (χ3n) is 4.74. The largest absolute Gasteiger partial charge is 0.463 e. The summed E-state index contributed by atoms with van der Waals surface area (Å²) >= 11 is 0. The molecule has 0 aromatic carbocycles. The monoisotopic (exact) mass is 356 g/mol. The highest BCUT2D eigenvalue weighted by Gasteiger charge is 2.10. The van der Waals surface area contributed by atoms with Crippen LogP contribution in [0.4, 0.5) is 0 Å². The van der Waals surface area contributed by atoms with Gasteiger partial charge in [-0.05, 0) is 33.9 Å². The average Bonchev–Trinajstić information content (AvgIpc) is 2.59. The Hall–Kier alpha value is -0.610. The number of hydrogen-bond donors (Lipinski definition) is 1. The van der Waals surface area contributed by atoms with Crippen LogP contribution in [-0.2, 0) is 9.53 Å². The Bertz CT molecular complexity index is 298. The number of hydrogen-bond acceptors (Lipinski definition) is 4. The summed E-state index contributed by atoms with van der Waals surface area (Å²) in [6.45, 7) is 6.96. The molecular weight excluding hydrogens is 312 g/mol. The first-order chi connectivity index (χ1) is 12.1. The van der Waals surface area contributed by atoms with Gasteiger partial charge < -0.3 is 15.0 Å². The van der Waals surface area contributed by atoms with Crippen LogP contribution in [0.15, 0.2) is 0 Å². The molecule has 1 unspecified atom stereocenters. The Morgan fingerprint density at radius 1 is 0.960 bits per heavy atom. The van der Waals surface area contributed by atoms with Gasteiger partial charge in [-0.25, -0.2) is 0 Å². The molecule has 4 nitrogen and oxygen atoms in total. The Balaban J connectivity index is 3.42. The van der Waals surface area contributed by atoms with Crippen LogP contribution in [0.5, 0.6) is 0 Å². The van der Waals surface area contributed by atoms with E-state index >= 15 is 0 Å². The summed E-state index contributed by atoms with van der Waals surface area (Å²) in [6.07, 6.45) is 15.0. The fourth-order valence-electron chi connectivity index (χ4n) is 2.96. The van der Waals surface area contributed by atoms with Crippen molar-refractivity contribution in [2.24, 2.45) is 0 Å². The fraction of sp³-hybridized carbons (Fsp3) is 0.952. The molecule has 0 rings (SSSR count). The van der Waals surface area contributed by atoms with E-state index in [0.29, 0.717) is 6.42 Å². The quantitative estimate of drug-likeness (QED) is 0.284. The second kappa shape index (κ2) is 18.2. The van der Waals surface area contributed by atoms with Gasteiger partial charge in [0.25, 0.3) is 0 Å². The van der Waals surface area contributed by atoms with E-state index in [1.807, 2.05) is 21.0 Å². The van der Waals surface area contributed by atoms with Gasteiger partial charge in [0.2, 0.25) is 0 Å². The molecule has 1 N–H and O–H groups in total. The molecule has 0 aromatic rings. The summed E-state index contributed by atoms with van der Waals surface area (Å²) < 4.78 is 5.51. The molecule has 1 atom stereocenters. The van der Waals surface area contributed by atoms with E-state index in [0.717, 1.165) is 26.1 Å². The van der Waals surface area contributed by atoms with Crippen molar-refractivity contribution < 1.29 is 9.53 Å². The predicted octanol–water partition coefficient (Wildman–Crippen LogP) is 4.77. The van der Waals surface area contributed by atoms with E-state index in [1.165, 1.54) is 64.2 Å². The summed E-state index contributed by atoms with van der Waals surface area (Å²) in [5.41, 5.74) is 0. The molecular formula is C21H44N2O2. The van der Waals surface area contributed by atoms with Crippen LogP contribution in [0.1, 0.15) is 90.9 Å². The maximum Gasteiger partial charge on any atom is 0.307 e. The molecule has 0 saturated carbocycles. The predicted molar refractivity (Wildman–Crippen MR) is 108 cm³/mol. The van der Waals surface area contributed by atoms with Gasteiger partial charge in [-0.1, -0.05) is 64.7 Å². The van der Waals surface area contributed by atoms with Crippen LogP contribution in [0.3, 0.4) is 0 Å². The molecule has 0 amide bonds. The second-order valence-corrected chi connectivity index (χ2v) is 7.43. The number of nitrogens with one attached hydrogen (secondary N) is 1. The molecule has 150 valence electrons. The third-order valence-corrected chi connectivity index (χ3v) is 4.74. The first kappa shape index (κ1) is 24.4. The van der Waals surface area contributed by atoms with E-state index in [2.05, 4.69) is 17.1 Å². The van der Waals surface area contributed by atoms with Crippen molar-refractivity contribution in [3.05, 3.63) is 0 Å². The molecule has 0 bridgehead atoms. The van der Waals surface area contributed by atoms with Gasteiger partial charge in [0.1, 0.15) is 0 Å². The van der Waals surface area contributed by atoms with Gasteiger partial charge in [-0.3, -0.25) is 4.79 Å². The number of carbonyl (C=O) groups excluding carboxylic acids is 1. The lowest BCUT2D eigenvalue weighted by molar-refractivity contribution is -0.148. The Morgan fingerprint density at radius 3 is 2.08 bits per heavy atom. The van der Waals surface area contributed by atoms with Gasteiger partial charge in [0.05, 0.1) is 12.5 Å². The SMILES string of the molecule is CCCCCCCCCCCCC(C)OC(=O)CCN(C)CCNC. The molecule has 0 aliphatic rings. The van der Waals surface area contributed by atoms with Crippen molar-refractivity contribution in [1.82, 2.24) is 10.2 Å². The Morgan fingerprint density at radius 2 is 1.52 bits per heavy atom. The number of unbranched alkanes of at least 4 members (excludes halogenated alkanes) is 9. The van der Waals surface area contributed by atoms with E-state index in [4.69, 9.17) is 4.74 Å².